The highest BCUT2D eigenvalue weighted by Gasteiger charge is 2.27. The minimum absolute atomic E-state index is 0.0398. The first-order valence-electron chi connectivity index (χ1n) is 11.5. The van der Waals surface area contributed by atoms with Gasteiger partial charge >= 0.3 is 0 Å². The van der Waals surface area contributed by atoms with E-state index in [0.717, 1.165) is 42.5 Å². The summed E-state index contributed by atoms with van der Waals surface area (Å²) < 4.78 is 16.7. The number of carbonyl (C=O) groups is 1. The topological polar surface area (TPSA) is 54.0 Å². The average Bonchev–Trinajstić information content (AvgIpc) is 2.84. The van der Waals surface area contributed by atoms with Gasteiger partial charge in [-0.1, -0.05) is 30.3 Å². The number of nitrogens with one attached hydrogen (secondary N) is 2. The van der Waals surface area contributed by atoms with Crippen LogP contribution in [0.2, 0.25) is 0 Å². The molecule has 1 aliphatic carbocycles. The summed E-state index contributed by atoms with van der Waals surface area (Å²) in [5.74, 6) is -0.127. The molecule has 1 aliphatic rings. The van der Waals surface area contributed by atoms with Crippen LogP contribution in [0.3, 0.4) is 0 Å². The highest BCUT2D eigenvalue weighted by Crippen LogP contribution is 2.29. The maximum atomic E-state index is 13.1. The summed E-state index contributed by atoms with van der Waals surface area (Å²) in [7, 11) is 0. The van der Waals surface area contributed by atoms with Crippen LogP contribution >= 0.6 is 11.9 Å². The van der Waals surface area contributed by atoms with E-state index >= 15 is 0 Å². The molecule has 1 amide bonds. The molecule has 2 N–H and O–H groups in total. The van der Waals surface area contributed by atoms with Gasteiger partial charge in [0.1, 0.15) is 5.82 Å². The lowest BCUT2D eigenvalue weighted by Crippen LogP contribution is -2.37. The molecule has 1 saturated carbocycles. The van der Waals surface area contributed by atoms with E-state index in [1.165, 1.54) is 22.6 Å². The molecule has 0 unspecified atom stereocenters. The number of hydrogen-bond acceptors (Lipinski definition) is 4. The molecule has 1 fully saturated rings. The van der Waals surface area contributed by atoms with Crippen molar-refractivity contribution in [1.82, 2.24) is 15.0 Å². The lowest BCUT2D eigenvalue weighted by atomic mass is 9.85. The van der Waals surface area contributed by atoms with Crippen LogP contribution < -0.4 is 10.0 Å². The van der Waals surface area contributed by atoms with Gasteiger partial charge < -0.3 is 5.32 Å². The molecule has 172 valence electrons. The average molecular weight is 464 g/mol. The summed E-state index contributed by atoms with van der Waals surface area (Å²) in [4.78, 5) is 18.2. The molecular formula is C27H30FN3OS. The Kier molecular flexibility index (Phi) is 7.78. The third kappa shape index (κ3) is 6.21. The zero-order chi connectivity index (χ0) is 23.2. The van der Waals surface area contributed by atoms with E-state index in [1.54, 1.807) is 24.1 Å². The molecule has 6 heteroatoms. The van der Waals surface area contributed by atoms with Gasteiger partial charge in [0.25, 0.3) is 0 Å². The van der Waals surface area contributed by atoms with Crippen LogP contribution in [-0.2, 0) is 4.79 Å². The van der Waals surface area contributed by atoms with E-state index < -0.39 is 0 Å². The molecule has 3 aromatic rings. The molecule has 4 nitrogen and oxygen atoms in total. The fourth-order valence-electron chi connectivity index (χ4n) is 4.28. The molecule has 0 radical (unpaired) electrons. The second kappa shape index (κ2) is 10.9. The van der Waals surface area contributed by atoms with Crippen molar-refractivity contribution in [3.05, 3.63) is 83.9 Å². The summed E-state index contributed by atoms with van der Waals surface area (Å²) in [6, 6.07) is 19.2. The van der Waals surface area contributed by atoms with E-state index in [4.69, 9.17) is 0 Å². The first-order valence-corrected chi connectivity index (χ1v) is 12.3. The minimum Gasteiger partial charge on any atom is -0.349 e. The van der Waals surface area contributed by atoms with Crippen molar-refractivity contribution in [1.29, 1.82) is 0 Å². The molecule has 1 heterocycles. The SMILES string of the molecule is Cc1ncccc1-c1ccc(SNC2CCC(C(=O)N[C@H](C)c3ccc(F)cc3)CC2)cc1. The lowest BCUT2D eigenvalue weighted by Gasteiger charge is -2.29. The van der Waals surface area contributed by atoms with Crippen LogP contribution in [0.4, 0.5) is 4.39 Å². The first-order chi connectivity index (χ1) is 16.0. The van der Waals surface area contributed by atoms with Gasteiger partial charge in [0.2, 0.25) is 5.91 Å². The number of pyridine rings is 1. The Bertz CT molecular complexity index is 1060. The molecule has 2 aromatic carbocycles. The zero-order valence-electron chi connectivity index (χ0n) is 19.1. The highest BCUT2D eigenvalue weighted by atomic mass is 32.2. The molecular weight excluding hydrogens is 433 g/mol. The molecule has 1 aromatic heterocycles. The maximum absolute atomic E-state index is 13.1. The van der Waals surface area contributed by atoms with Crippen LogP contribution in [-0.4, -0.2) is 16.9 Å². The summed E-state index contributed by atoms with van der Waals surface area (Å²) in [5, 5.41) is 3.09. The smallest absolute Gasteiger partial charge is 0.223 e. The summed E-state index contributed by atoms with van der Waals surface area (Å²) in [5.41, 5.74) is 4.28. The van der Waals surface area contributed by atoms with Crippen molar-refractivity contribution in [2.45, 2.75) is 56.5 Å². The lowest BCUT2D eigenvalue weighted by molar-refractivity contribution is -0.126. The molecule has 0 spiro atoms. The van der Waals surface area contributed by atoms with Crippen LogP contribution in [0.1, 0.15) is 49.9 Å². The van der Waals surface area contributed by atoms with Gasteiger partial charge in [0, 0.05) is 34.3 Å². The predicted molar refractivity (Wildman–Crippen MR) is 132 cm³/mol. The van der Waals surface area contributed by atoms with Gasteiger partial charge in [0.15, 0.2) is 0 Å². The third-order valence-electron chi connectivity index (χ3n) is 6.34. The number of amides is 1. The Morgan fingerprint density at radius 3 is 2.39 bits per heavy atom. The van der Waals surface area contributed by atoms with E-state index in [2.05, 4.69) is 45.4 Å². The molecule has 0 aliphatic heterocycles. The van der Waals surface area contributed by atoms with E-state index in [0.29, 0.717) is 6.04 Å². The van der Waals surface area contributed by atoms with Crippen molar-refractivity contribution in [3.8, 4) is 11.1 Å². The van der Waals surface area contributed by atoms with Gasteiger partial charge in [-0.3, -0.25) is 14.5 Å². The fourth-order valence-corrected chi connectivity index (χ4v) is 5.09. The number of aryl methyl sites for hydroxylation is 1. The first kappa shape index (κ1) is 23.5. The van der Waals surface area contributed by atoms with Crippen molar-refractivity contribution in [3.63, 3.8) is 0 Å². The number of halogens is 1. The van der Waals surface area contributed by atoms with Gasteiger partial charge in [-0.25, -0.2) is 4.39 Å². The molecule has 0 bridgehead atoms. The third-order valence-corrected chi connectivity index (χ3v) is 7.30. The van der Waals surface area contributed by atoms with Gasteiger partial charge in [-0.2, -0.15) is 0 Å². The second-order valence-corrected chi connectivity index (χ2v) is 9.62. The Hall–Kier alpha value is -2.70. The molecule has 4 rings (SSSR count). The Morgan fingerprint density at radius 2 is 1.73 bits per heavy atom. The van der Waals surface area contributed by atoms with Crippen molar-refractivity contribution >= 4 is 17.9 Å². The quantitative estimate of drug-likeness (QED) is 0.408. The minimum atomic E-state index is -0.263. The normalized spacial score (nSPS) is 19.1. The fraction of sp³-hybridized carbons (Fsp3) is 0.333. The van der Waals surface area contributed by atoms with E-state index in [9.17, 15) is 9.18 Å². The van der Waals surface area contributed by atoms with Crippen molar-refractivity contribution in [2.24, 2.45) is 5.92 Å². The summed E-state index contributed by atoms with van der Waals surface area (Å²) in [6.07, 6.45) is 5.52. The summed E-state index contributed by atoms with van der Waals surface area (Å²) in [6.45, 7) is 3.97. The monoisotopic (exact) mass is 463 g/mol. The maximum Gasteiger partial charge on any atom is 0.223 e. The van der Waals surface area contributed by atoms with Gasteiger partial charge in [-0.05, 0) is 92.9 Å². The zero-order valence-corrected chi connectivity index (χ0v) is 19.9. The Balaban J connectivity index is 1.22. The number of rotatable bonds is 7. The largest absolute Gasteiger partial charge is 0.349 e. The van der Waals surface area contributed by atoms with E-state index in [1.807, 2.05) is 26.1 Å². The predicted octanol–water partition coefficient (Wildman–Crippen LogP) is 6.23. The van der Waals surface area contributed by atoms with Crippen LogP contribution in [0.5, 0.6) is 0 Å². The molecule has 0 saturated heterocycles. The molecule has 1 atom stereocenters. The van der Waals surface area contributed by atoms with Crippen LogP contribution in [0.25, 0.3) is 11.1 Å². The summed E-state index contributed by atoms with van der Waals surface area (Å²) >= 11 is 1.66. The van der Waals surface area contributed by atoms with E-state index in [-0.39, 0.29) is 23.7 Å². The Morgan fingerprint density at radius 1 is 1.03 bits per heavy atom. The van der Waals surface area contributed by atoms with Gasteiger partial charge in [0.05, 0.1) is 6.04 Å². The number of hydrogen-bond donors (Lipinski definition) is 2. The number of aromatic nitrogens is 1. The number of carbonyl (C=O) groups excluding carboxylic acids is 1. The van der Waals surface area contributed by atoms with Crippen molar-refractivity contribution < 1.29 is 9.18 Å². The van der Waals surface area contributed by atoms with Crippen molar-refractivity contribution in [2.75, 3.05) is 0 Å². The van der Waals surface area contributed by atoms with Gasteiger partial charge in [-0.15, -0.1) is 0 Å². The standard InChI is InChI=1S/C27H30FN3OS/c1-18(20-5-11-23(28)12-6-20)30-27(32)22-7-13-24(14-8-22)31-33-25-15-9-21(10-16-25)26-4-3-17-29-19(26)2/h3-6,9-12,15-18,22,24,31H,7-8,13-14H2,1-2H3,(H,30,32)/t18-,22?,24?/m1/s1. The Labute approximate surface area is 199 Å². The highest BCUT2D eigenvalue weighted by molar-refractivity contribution is 7.97. The second-order valence-electron chi connectivity index (χ2n) is 8.71. The molecule has 33 heavy (non-hydrogen) atoms. The van der Waals surface area contributed by atoms with Crippen LogP contribution in [0, 0.1) is 18.7 Å². The van der Waals surface area contributed by atoms with Crippen LogP contribution in [0.15, 0.2) is 71.8 Å². The number of nitrogens with zero attached hydrogens (tertiary/aromatic N) is 1. The number of benzene rings is 2.